The summed E-state index contributed by atoms with van der Waals surface area (Å²) in [6, 6.07) is 16.7. The Hall–Kier alpha value is -2.99. The van der Waals surface area contributed by atoms with Gasteiger partial charge in [-0.1, -0.05) is 30.3 Å². The summed E-state index contributed by atoms with van der Waals surface area (Å²) in [5.41, 5.74) is 1.63. The summed E-state index contributed by atoms with van der Waals surface area (Å²) in [5, 5.41) is 2.89. The highest BCUT2D eigenvalue weighted by Gasteiger charge is 2.46. The first-order chi connectivity index (χ1) is 14.4. The third-order valence-corrected chi connectivity index (χ3v) is 5.79. The number of ketones is 1. The van der Waals surface area contributed by atoms with Gasteiger partial charge in [-0.2, -0.15) is 0 Å². The van der Waals surface area contributed by atoms with Gasteiger partial charge in [-0.25, -0.2) is 0 Å². The van der Waals surface area contributed by atoms with Crippen LogP contribution < -0.4 is 10.2 Å². The maximum absolute atomic E-state index is 12.8. The molecule has 1 aliphatic heterocycles. The van der Waals surface area contributed by atoms with Crippen molar-refractivity contribution in [3.05, 3.63) is 65.7 Å². The molecule has 1 fully saturated rings. The number of piperidine rings is 1. The molecule has 2 aromatic rings. The fourth-order valence-electron chi connectivity index (χ4n) is 4.06. The van der Waals surface area contributed by atoms with Crippen LogP contribution in [-0.4, -0.2) is 43.9 Å². The molecule has 30 heavy (non-hydrogen) atoms. The number of likely N-dealkylation sites (tertiary alicyclic amines) is 1. The standard InChI is InChI=1S/C24H28N2O4/c1-3-30-23(29)24(20-7-5-4-6-8-20)13-15-26(16-14-24)17-22(28)25-21-11-9-19(10-12-21)18(2)27/h4-12H,3,13-17H2,1-2H3,(H,25,28)/p+1. The quantitative estimate of drug-likeness (QED) is 0.542. The minimum Gasteiger partial charge on any atom is -0.465 e. The monoisotopic (exact) mass is 409 g/mol. The number of anilines is 1. The number of carbonyl (C=O) groups is 3. The number of benzene rings is 2. The average Bonchev–Trinajstić information content (AvgIpc) is 2.75. The van der Waals surface area contributed by atoms with E-state index < -0.39 is 5.41 Å². The third kappa shape index (κ3) is 4.94. The first-order valence-electron chi connectivity index (χ1n) is 10.4. The van der Waals surface area contributed by atoms with Crippen LogP contribution >= 0.6 is 0 Å². The fourth-order valence-corrected chi connectivity index (χ4v) is 4.06. The van der Waals surface area contributed by atoms with E-state index >= 15 is 0 Å². The van der Waals surface area contributed by atoms with E-state index in [0.717, 1.165) is 10.5 Å². The molecule has 1 aliphatic rings. The van der Waals surface area contributed by atoms with Gasteiger partial charge >= 0.3 is 5.97 Å². The van der Waals surface area contributed by atoms with Crippen LogP contribution in [0.5, 0.6) is 0 Å². The molecule has 0 atom stereocenters. The van der Waals surface area contributed by atoms with Gasteiger partial charge < -0.3 is 15.0 Å². The smallest absolute Gasteiger partial charge is 0.317 e. The largest absolute Gasteiger partial charge is 0.465 e. The highest BCUT2D eigenvalue weighted by atomic mass is 16.5. The van der Waals surface area contributed by atoms with Gasteiger partial charge in [0.25, 0.3) is 5.91 Å². The summed E-state index contributed by atoms with van der Waals surface area (Å²) < 4.78 is 5.41. The van der Waals surface area contributed by atoms with Gasteiger partial charge in [-0.15, -0.1) is 0 Å². The molecule has 0 radical (unpaired) electrons. The van der Waals surface area contributed by atoms with Crippen molar-refractivity contribution in [3.63, 3.8) is 0 Å². The second-order valence-corrected chi connectivity index (χ2v) is 7.78. The molecule has 0 unspecified atom stereocenters. The Morgan fingerprint density at radius 2 is 1.63 bits per heavy atom. The van der Waals surface area contributed by atoms with Gasteiger partial charge in [-0.3, -0.25) is 14.4 Å². The Kier molecular flexibility index (Phi) is 7.00. The van der Waals surface area contributed by atoms with Gasteiger partial charge in [0.2, 0.25) is 0 Å². The Morgan fingerprint density at radius 3 is 2.20 bits per heavy atom. The number of quaternary nitrogens is 1. The second-order valence-electron chi connectivity index (χ2n) is 7.78. The second kappa shape index (κ2) is 9.67. The molecule has 0 aromatic heterocycles. The van der Waals surface area contributed by atoms with Crippen LogP contribution in [0.4, 0.5) is 5.69 Å². The van der Waals surface area contributed by atoms with Crippen LogP contribution in [0, 0.1) is 0 Å². The van der Waals surface area contributed by atoms with Gasteiger partial charge in [0, 0.05) is 24.1 Å². The van der Waals surface area contributed by atoms with Crippen molar-refractivity contribution in [1.29, 1.82) is 0 Å². The molecule has 6 heteroatoms. The first-order valence-corrected chi connectivity index (χ1v) is 10.4. The number of hydrogen-bond donors (Lipinski definition) is 2. The molecule has 158 valence electrons. The molecule has 0 saturated carbocycles. The van der Waals surface area contributed by atoms with Crippen LogP contribution in [0.1, 0.15) is 42.6 Å². The topological polar surface area (TPSA) is 76.9 Å². The minimum absolute atomic E-state index is 0.00543. The summed E-state index contributed by atoms with van der Waals surface area (Å²) in [6.07, 6.45) is 1.29. The van der Waals surface area contributed by atoms with Gasteiger partial charge in [0.15, 0.2) is 12.3 Å². The van der Waals surface area contributed by atoms with Crippen LogP contribution in [0.25, 0.3) is 0 Å². The zero-order chi connectivity index (χ0) is 21.6. The summed E-state index contributed by atoms with van der Waals surface area (Å²) in [4.78, 5) is 37.8. The van der Waals surface area contributed by atoms with E-state index in [2.05, 4.69) is 5.32 Å². The molecule has 1 heterocycles. The van der Waals surface area contributed by atoms with Crippen LogP contribution in [0.3, 0.4) is 0 Å². The summed E-state index contributed by atoms with van der Waals surface area (Å²) in [5.74, 6) is -0.261. The summed E-state index contributed by atoms with van der Waals surface area (Å²) >= 11 is 0. The Labute approximate surface area is 177 Å². The van der Waals surface area contributed by atoms with Crippen molar-refractivity contribution in [1.82, 2.24) is 0 Å². The molecule has 2 aromatic carbocycles. The number of Topliss-reactive ketones (excluding diaryl/α,β-unsaturated/α-hetero) is 1. The first kappa shape index (κ1) is 21.7. The molecule has 1 amide bonds. The predicted octanol–water partition coefficient (Wildman–Crippen LogP) is 2.01. The van der Waals surface area contributed by atoms with Crippen molar-refractivity contribution in [2.45, 2.75) is 32.1 Å². The van der Waals surface area contributed by atoms with Crippen LogP contribution in [0.2, 0.25) is 0 Å². The molecule has 0 spiro atoms. The van der Waals surface area contributed by atoms with Gasteiger partial charge in [-0.05, 0) is 43.7 Å². The lowest BCUT2D eigenvalue weighted by Gasteiger charge is -2.38. The van der Waals surface area contributed by atoms with Crippen LogP contribution in [-0.2, 0) is 19.7 Å². The molecule has 3 rings (SSSR count). The zero-order valence-corrected chi connectivity index (χ0v) is 17.6. The van der Waals surface area contributed by atoms with E-state index in [9.17, 15) is 14.4 Å². The molecule has 0 bridgehead atoms. The van der Waals surface area contributed by atoms with Crippen molar-refractivity contribution in [3.8, 4) is 0 Å². The Bertz CT molecular complexity index is 885. The van der Waals surface area contributed by atoms with E-state index in [-0.39, 0.29) is 17.7 Å². The molecule has 0 aliphatic carbocycles. The fraction of sp³-hybridized carbons (Fsp3) is 0.375. The lowest BCUT2D eigenvalue weighted by Crippen LogP contribution is -3.14. The summed E-state index contributed by atoms with van der Waals surface area (Å²) in [7, 11) is 0. The van der Waals surface area contributed by atoms with E-state index in [1.54, 1.807) is 24.3 Å². The number of ether oxygens (including phenoxy) is 1. The molecule has 6 nitrogen and oxygen atoms in total. The lowest BCUT2D eigenvalue weighted by atomic mass is 9.72. The minimum atomic E-state index is -0.639. The highest BCUT2D eigenvalue weighted by Crippen LogP contribution is 2.34. The molecule has 2 N–H and O–H groups in total. The zero-order valence-electron chi connectivity index (χ0n) is 17.6. The average molecular weight is 410 g/mol. The van der Waals surface area contributed by atoms with Crippen molar-refractivity contribution < 1.29 is 24.0 Å². The van der Waals surface area contributed by atoms with E-state index in [4.69, 9.17) is 4.74 Å². The Morgan fingerprint density at radius 1 is 1.00 bits per heavy atom. The van der Waals surface area contributed by atoms with Gasteiger partial charge in [0.05, 0.1) is 19.7 Å². The predicted molar refractivity (Wildman–Crippen MR) is 115 cm³/mol. The molecular weight excluding hydrogens is 380 g/mol. The molecule has 1 saturated heterocycles. The number of esters is 1. The Balaban J connectivity index is 1.61. The SMILES string of the molecule is CCOC(=O)C1(c2ccccc2)CC[NH+](CC(=O)Nc2ccc(C(C)=O)cc2)CC1. The number of carbonyl (C=O) groups excluding carboxylic acids is 3. The van der Waals surface area contributed by atoms with Crippen molar-refractivity contribution in [2.75, 3.05) is 31.6 Å². The van der Waals surface area contributed by atoms with Crippen molar-refractivity contribution >= 4 is 23.3 Å². The number of amides is 1. The van der Waals surface area contributed by atoms with Gasteiger partial charge in [0.1, 0.15) is 5.41 Å². The number of hydrogen-bond acceptors (Lipinski definition) is 4. The highest BCUT2D eigenvalue weighted by molar-refractivity contribution is 5.95. The van der Waals surface area contributed by atoms with E-state index in [0.29, 0.717) is 50.3 Å². The summed E-state index contributed by atoms with van der Waals surface area (Å²) in [6.45, 7) is 5.45. The number of nitrogens with one attached hydrogen (secondary N) is 2. The van der Waals surface area contributed by atoms with Crippen LogP contribution in [0.15, 0.2) is 54.6 Å². The van der Waals surface area contributed by atoms with E-state index in [1.807, 2.05) is 37.3 Å². The number of rotatable bonds is 7. The maximum Gasteiger partial charge on any atom is 0.317 e. The lowest BCUT2D eigenvalue weighted by molar-refractivity contribution is -0.898. The third-order valence-electron chi connectivity index (χ3n) is 5.79. The molecular formula is C24H29N2O4+. The normalized spacial score (nSPS) is 20.9. The maximum atomic E-state index is 12.8. The van der Waals surface area contributed by atoms with E-state index in [1.165, 1.54) is 6.92 Å². The van der Waals surface area contributed by atoms with Crippen molar-refractivity contribution in [2.24, 2.45) is 0 Å².